The molecule has 3 rings (SSSR count). The molecule has 1 aromatic carbocycles. The number of nitrogens with zero attached hydrogens (tertiary/aromatic N) is 4. The molecule has 7 heteroatoms. The van der Waals surface area contributed by atoms with Gasteiger partial charge in [0.05, 0.1) is 6.21 Å². The van der Waals surface area contributed by atoms with E-state index in [0.29, 0.717) is 12.5 Å². The lowest BCUT2D eigenvalue weighted by Crippen LogP contribution is -2.25. The molecule has 1 aromatic heterocycles. The summed E-state index contributed by atoms with van der Waals surface area (Å²) in [7, 11) is 0. The zero-order chi connectivity index (χ0) is 13.9. The maximum atomic E-state index is 9.41. The first-order valence-corrected chi connectivity index (χ1v) is 6.16. The molecule has 102 valence electrons. The van der Waals surface area contributed by atoms with Crippen LogP contribution in [0.2, 0.25) is 0 Å². The number of hydrogen-bond acceptors (Lipinski definition) is 6. The average Bonchev–Trinajstić information content (AvgIpc) is 3.04. The Hall–Kier alpha value is -2.83. The third-order valence-corrected chi connectivity index (χ3v) is 2.80. The standard InChI is InChI=1S/C13H14N6O/c1-9-5-12(17-16-9)13-18-14-8-19(13)15-7-10-3-2-4-11(20)6-10/h2-7,14,20H,8H2,1H3,(H,16,17). The topological polar surface area (TPSA) is 88.9 Å². The second-order valence-electron chi connectivity index (χ2n) is 4.43. The summed E-state index contributed by atoms with van der Waals surface area (Å²) < 4.78 is 0. The largest absolute Gasteiger partial charge is 0.508 e. The predicted octanol–water partition coefficient (Wildman–Crippen LogP) is 0.982. The number of benzene rings is 1. The first-order chi connectivity index (χ1) is 9.72. The van der Waals surface area contributed by atoms with E-state index < -0.39 is 0 Å². The highest BCUT2D eigenvalue weighted by Crippen LogP contribution is 2.11. The number of phenolic OH excluding ortho intramolecular Hbond substituents is 1. The molecule has 2 heterocycles. The Labute approximate surface area is 115 Å². The van der Waals surface area contributed by atoms with Crippen molar-refractivity contribution in [1.29, 1.82) is 0 Å². The van der Waals surface area contributed by atoms with Gasteiger partial charge in [-0.2, -0.15) is 15.3 Å². The van der Waals surface area contributed by atoms with E-state index in [1.807, 2.05) is 19.1 Å². The van der Waals surface area contributed by atoms with Crippen LogP contribution < -0.4 is 5.43 Å². The SMILES string of the molecule is Cc1cc(C2=NNCN2N=Cc2cccc(O)c2)n[nH]1. The van der Waals surface area contributed by atoms with Crippen molar-refractivity contribution in [2.75, 3.05) is 6.67 Å². The van der Waals surface area contributed by atoms with Crippen LogP contribution in [0, 0.1) is 6.92 Å². The summed E-state index contributed by atoms with van der Waals surface area (Å²) in [5.74, 6) is 0.871. The molecule has 7 nitrogen and oxygen atoms in total. The Kier molecular flexibility index (Phi) is 3.08. The van der Waals surface area contributed by atoms with Gasteiger partial charge in [0, 0.05) is 5.69 Å². The molecule has 0 radical (unpaired) electrons. The highest BCUT2D eigenvalue weighted by molar-refractivity contribution is 5.98. The molecule has 0 unspecified atom stereocenters. The van der Waals surface area contributed by atoms with Gasteiger partial charge in [-0.25, -0.2) is 5.01 Å². The van der Waals surface area contributed by atoms with Crippen LogP contribution in [0.4, 0.5) is 0 Å². The lowest BCUT2D eigenvalue weighted by Gasteiger charge is -2.10. The van der Waals surface area contributed by atoms with E-state index in [4.69, 9.17) is 0 Å². The quantitative estimate of drug-likeness (QED) is 0.725. The molecule has 0 atom stereocenters. The summed E-state index contributed by atoms with van der Waals surface area (Å²) in [6.07, 6.45) is 1.67. The monoisotopic (exact) mass is 270 g/mol. The molecule has 0 saturated carbocycles. The van der Waals surface area contributed by atoms with Gasteiger partial charge in [0.1, 0.15) is 18.1 Å². The maximum absolute atomic E-state index is 9.41. The normalized spacial score (nSPS) is 14.7. The molecular formula is C13H14N6O. The number of aromatic amines is 1. The fraction of sp³-hybridized carbons (Fsp3) is 0.154. The zero-order valence-electron chi connectivity index (χ0n) is 10.9. The number of hydrazone groups is 2. The second-order valence-corrected chi connectivity index (χ2v) is 4.43. The van der Waals surface area contributed by atoms with Crippen molar-refractivity contribution >= 4 is 12.1 Å². The Balaban J connectivity index is 1.79. The molecule has 0 amide bonds. The predicted molar refractivity (Wildman–Crippen MR) is 75.4 cm³/mol. The molecular weight excluding hydrogens is 256 g/mol. The Morgan fingerprint density at radius 3 is 3.05 bits per heavy atom. The number of aromatic hydroxyl groups is 1. The first kappa shape index (κ1) is 12.2. The van der Waals surface area contributed by atoms with Gasteiger partial charge in [-0.05, 0) is 30.7 Å². The summed E-state index contributed by atoms with van der Waals surface area (Å²) in [5.41, 5.74) is 5.39. The Morgan fingerprint density at radius 2 is 2.30 bits per heavy atom. The number of nitrogens with one attached hydrogen (secondary N) is 2. The minimum atomic E-state index is 0.213. The molecule has 2 aromatic rings. The van der Waals surface area contributed by atoms with Crippen LogP contribution >= 0.6 is 0 Å². The lowest BCUT2D eigenvalue weighted by atomic mass is 10.2. The van der Waals surface area contributed by atoms with Crippen LogP contribution in [-0.4, -0.2) is 39.0 Å². The molecule has 1 aliphatic rings. The van der Waals surface area contributed by atoms with Crippen molar-refractivity contribution in [1.82, 2.24) is 20.6 Å². The van der Waals surface area contributed by atoms with E-state index >= 15 is 0 Å². The van der Waals surface area contributed by atoms with E-state index in [-0.39, 0.29) is 5.75 Å². The van der Waals surface area contributed by atoms with Crippen molar-refractivity contribution in [2.45, 2.75) is 6.92 Å². The molecule has 0 saturated heterocycles. The molecule has 20 heavy (non-hydrogen) atoms. The minimum Gasteiger partial charge on any atom is -0.508 e. The summed E-state index contributed by atoms with van der Waals surface area (Å²) >= 11 is 0. The Bertz CT molecular complexity index is 675. The molecule has 1 aliphatic heterocycles. The van der Waals surface area contributed by atoms with Gasteiger partial charge in [0.25, 0.3) is 0 Å². The number of aromatic nitrogens is 2. The van der Waals surface area contributed by atoms with Gasteiger partial charge in [0.2, 0.25) is 0 Å². The van der Waals surface area contributed by atoms with Crippen LogP contribution in [-0.2, 0) is 0 Å². The molecule has 0 aliphatic carbocycles. The van der Waals surface area contributed by atoms with E-state index in [9.17, 15) is 5.11 Å². The van der Waals surface area contributed by atoms with Crippen molar-refractivity contribution in [2.24, 2.45) is 10.2 Å². The van der Waals surface area contributed by atoms with Gasteiger partial charge in [0.15, 0.2) is 5.84 Å². The third kappa shape index (κ3) is 2.46. The van der Waals surface area contributed by atoms with Crippen LogP contribution in [0.3, 0.4) is 0 Å². The molecule has 0 bridgehead atoms. The molecule has 3 N–H and O–H groups in total. The van der Waals surface area contributed by atoms with Crippen LogP contribution in [0.15, 0.2) is 40.5 Å². The summed E-state index contributed by atoms with van der Waals surface area (Å²) in [4.78, 5) is 0. The van der Waals surface area contributed by atoms with Gasteiger partial charge in [-0.3, -0.25) is 10.5 Å². The first-order valence-electron chi connectivity index (χ1n) is 6.16. The van der Waals surface area contributed by atoms with Crippen LogP contribution in [0.25, 0.3) is 0 Å². The number of amidine groups is 1. The highest BCUT2D eigenvalue weighted by Gasteiger charge is 2.20. The number of H-pyrrole nitrogens is 1. The lowest BCUT2D eigenvalue weighted by molar-refractivity contribution is 0.452. The summed E-state index contributed by atoms with van der Waals surface area (Å²) in [6.45, 7) is 2.41. The Morgan fingerprint density at radius 1 is 1.40 bits per heavy atom. The zero-order valence-corrected chi connectivity index (χ0v) is 10.9. The summed E-state index contributed by atoms with van der Waals surface area (Å²) in [5, 5.41) is 26.7. The number of aryl methyl sites for hydroxylation is 1. The maximum Gasteiger partial charge on any atom is 0.198 e. The average molecular weight is 270 g/mol. The van der Waals surface area contributed by atoms with E-state index in [1.54, 1.807) is 29.4 Å². The van der Waals surface area contributed by atoms with E-state index in [1.165, 1.54) is 0 Å². The van der Waals surface area contributed by atoms with Crippen LogP contribution in [0.1, 0.15) is 17.0 Å². The molecule has 0 spiro atoms. The summed E-state index contributed by atoms with van der Waals surface area (Å²) in [6, 6.07) is 8.80. The number of rotatable bonds is 3. The van der Waals surface area contributed by atoms with Crippen molar-refractivity contribution < 1.29 is 5.11 Å². The van der Waals surface area contributed by atoms with Crippen molar-refractivity contribution in [3.8, 4) is 5.75 Å². The van der Waals surface area contributed by atoms with Crippen molar-refractivity contribution in [3.63, 3.8) is 0 Å². The molecule has 0 fully saturated rings. The van der Waals surface area contributed by atoms with E-state index in [0.717, 1.165) is 17.0 Å². The van der Waals surface area contributed by atoms with Gasteiger partial charge in [-0.15, -0.1) is 0 Å². The fourth-order valence-corrected chi connectivity index (χ4v) is 1.87. The van der Waals surface area contributed by atoms with Gasteiger partial charge in [-0.1, -0.05) is 12.1 Å². The smallest absolute Gasteiger partial charge is 0.198 e. The second kappa shape index (κ2) is 5.04. The fourth-order valence-electron chi connectivity index (χ4n) is 1.87. The number of hydrogen-bond donors (Lipinski definition) is 3. The third-order valence-electron chi connectivity index (χ3n) is 2.80. The van der Waals surface area contributed by atoms with Crippen LogP contribution in [0.5, 0.6) is 5.75 Å². The minimum absolute atomic E-state index is 0.213. The van der Waals surface area contributed by atoms with E-state index in [2.05, 4.69) is 25.8 Å². The highest BCUT2D eigenvalue weighted by atomic mass is 16.3. The van der Waals surface area contributed by atoms with Crippen molar-refractivity contribution in [3.05, 3.63) is 47.3 Å². The van der Waals surface area contributed by atoms with Gasteiger partial charge < -0.3 is 5.11 Å². The number of phenols is 1. The van der Waals surface area contributed by atoms with Gasteiger partial charge >= 0.3 is 0 Å².